The SMILES string of the molecule is OC1CC2CCC(C1)N2CCCOc1cccc(Br)c1. The molecule has 1 aromatic carbocycles. The molecule has 2 atom stereocenters. The second-order valence-electron chi connectivity index (χ2n) is 5.91. The molecule has 2 aliphatic heterocycles. The smallest absolute Gasteiger partial charge is 0.120 e. The third-order valence-electron chi connectivity index (χ3n) is 4.48. The summed E-state index contributed by atoms with van der Waals surface area (Å²) in [6.45, 7) is 1.85. The van der Waals surface area contributed by atoms with Crippen LogP contribution in [0.25, 0.3) is 0 Å². The van der Waals surface area contributed by atoms with Crippen molar-refractivity contribution in [2.24, 2.45) is 0 Å². The van der Waals surface area contributed by atoms with Gasteiger partial charge < -0.3 is 9.84 Å². The number of hydrogen-bond acceptors (Lipinski definition) is 3. The van der Waals surface area contributed by atoms with Crippen molar-refractivity contribution in [1.29, 1.82) is 0 Å². The number of fused-ring (bicyclic) bond motifs is 2. The molecule has 2 heterocycles. The number of rotatable bonds is 5. The van der Waals surface area contributed by atoms with Crippen LogP contribution in [0.3, 0.4) is 0 Å². The van der Waals surface area contributed by atoms with Gasteiger partial charge in [-0.05, 0) is 50.3 Å². The lowest BCUT2D eigenvalue weighted by molar-refractivity contribution is 0.0331. The molecule has 20 heavy (non-hydrogen) atoms. The predicted octanol–water partition coefficient (Wildman–Crippen LogP) is 3.21. The fraction of sp³-hybridized carbons (Fsp3) is 0.625. The summed E-state index contributed by atoms with van der Waals surface area (Å²) >= 11 is 3.45. The van der Waals surface area contributed by atoms with Crippen molar-refractivity contribution in [2.75, 3.05) is 13.2 Å². The van der Waals surface area contributed by atoms with E-state index in [0.717, 1.165) is 42.6 Å². The van der Waals surface area contributed by atoms with Gasteiger partial charge in [-0.15, -0.1) is 0 Å². The van der Waals surface area contributed by atoms with Crippen molar-refractivity contribution in [2.45, 2.75) is 50.3 Å². The zero-order valence-electron chi connectivity index (χ0n) is 11.7. The van der Waals surface area contributed by atoms with Gasteiger partial charge in [0, 0.05) is 23.1 Å². The van der Waals surface area contributed by atoms with Gasteiger partial charge in [0.15, 0.2) is 0 Å². The lowest BCUT2D eigenvalue weighted by Crippen LogP contribution is -2.45. The van der Waals surface area contributed by atoms with E-state index in [1.165, 1.54) is 12.8 Å². The second-order valence-corrected chi connectivity index (χ2v) is 6.82. The van der Waals surface area contributed by atoms with E-state index in [-0.39, 0.29) is 6.10 Å². The Hall–Kier alpha value is -0.580. The number of halogens is 1. The van der Waals surface area contributed by atoms with Gasteiger partial charge in [-0.3, -0.25) is 4.90 Å². The number of aliphatic hydroxyl groups is 1. The maximum Gasteiger partial charge on any atom is 0.120 e. The Labute approximate surface area is 129 Å². The maximum atomic E-state index is 9.80. The van der Waals surface area contributed by atoms with Crippen molar-refractivity contribution in [3.63, 3.8) is 0 Å². The van der Waals surface area contributed by atoms with Crippen LogP contribution in [0.2, 0.25) is 0 Å². The van der Waals surface area contributed by atoms with Crippen molar-refractivity contribution in [3.8, 4) is 5.75 Å². The quantitative estimate of drug-likeness (QED) is 0.836. The van der Waals surface area contributed by atoms with Crippen LogP contribution in [-0.4, -0.2) is 41.3 Å². The monoisotopic (exact) mass is 339 g/mol. The summed E-state index contributed by atoms with van der Waals surface area (Å²) in [4.78, 5) is 2.59. The van der Waals surface area contributed by atoms with Crippen LogP contribution in [0.1, 0.15) is 32.1 Å². The van der Waals surface area contributed by atoms with Crippen LogP contribution in [0.4, 0.5) is 0 Å². The van der Waals surface area contributed by atoms with Gasteiger partial charge in [0.1, 0.15) is 5.75 Å². The van der Waals surface area contributed by atoms with Crippen molar-refractivity contribution >= 4 is 15.9 Å². The van der Waals surface area contributed by atoms with E-state index in [1.807, 2.05) is 24.3 Å². The van der Waals surface area contributed by atoms with Crippen LogP contribution in [0.15, 0.2) is 28.7 Å². The minimum atomic E-state index is -0.0679. The lowest BCUT2D eigenvalue weighted by atomic mass is 10.00. The van der Waals surface area contributed by atoms with Crippen LogP contribution in [-0.2, 0) is 0 Å². The number of benzene rings is 1. The molecule has 2 unspecified atom stereocenters. The number of hydrogen-bond donors (Lipinski definition) is 1. The van der Waals surface area contributed by atoms with Gasteiger partial charge in [0.2, 0.25) is 0 Å². The number of aliphatic hydroxyl groups excluding tert-OH is 1. The Balaban J connectivity index is 1.42. The average molecular weight is 340 g/mol. The van der Waals surface area contributed by atoms with Crippen LogP contribution in [0, 0.1) is 0 Å². The van der Waals surface area contributed by atoms with E-state index in [2.05, 4.69) is 20.8 Å². The summed E-state index contributed by atoms with van der Waals surface area (Å²) in [6, 6.07) is 9.20. The van der Waals surface area contributed by atoms with Gasteiger partial charge >= 0.3 is 0 Å². The molecule has 2 aliphatic rings. The number of ether oxygens (including phenoxy) is 1. The van der Waals surface area contributed by atoms with Gasteiger partial charge in [-0.25, -0.2) is 0 Å². The number of piperidine rings is 1. The van der Waals surface area contributed by atoms with Crippen LogP contribution in [0.5, 0.6) is 5.75 Å². The van der Waals surface area contributed by atoms with Gasteiger partial charge in [-0.2, -0.15) is 0 Å². The van der Waals surface area contributed by atoms with E-state index in [0.29, 0.717) is 12.1 Å². The van der Waals surface area contributed by atoms with E-state index >= 15 is 0 Å². The molecule has 110 valence electrons. The van der Waals surface area contributed by atoms with E-state index in [9.17, 15) is 5.11 Å². The fourth-order valence-electron chi connectivity index (χ4n) is 3.60. The molecule has 1 aromatic rings. The highest BCUT2D eigenvalue weighted by molar-refractivity contribution is 9.10. The molecule has 0 aliphatic carbocycles. The highest BCUT2D eigenvalue weighted by Crippen LogP contribution is 2.35. The molecule has 1 N–H and O–H groups in total. The normalized spacial score (nSPS) is 29.6. The zero-order chi connectivity index (χ0) is 13.9. The summed E-state index contributed by atoms with van der Waals surface area (Å²) in [7, 11) is 0. The zero-order valence-corrected chi connectivity index (χ0v) is 13.3. The summed E-state index contributed by atoms with van der Waals surface area (Å²) < 4.78 is 6.84. The topological polar surface area (TPSA) is 32.7 Å². The highest BCUT2D eigenvalue weighted by Gasteiger charge is 2.39. The molecule has 2 saturated heterocycles. The molecule has 4 heteroatoms. The van der Waals surface area contributed by atoms with Gasteiger partial charge in [-0.1, -0.05) is 22.0 Å². The lowest BCUT2D eigenvalue weighted by Gasteiger charge is -2.37. The molecular weight excluding hydrogens is 318 g/mol. The molecule has 2 fully saturated rings. The first-order valence-corrected chi connectivity index (χ1v) is 8.34. The molecule has 0 spiro atoms. The first-order chi connectivity index (χ1) is 9.72. The van der Waals surface area contributed by atoms with Gasteiger partial charge in [0.25, 0.3) is 0 Å². The summed E-state index contributed by atoms with van der Waals surface area (Å²) in [6.07, 6.45) is 5.42. The molecule has 0 aromatic heterocycles. The third-order valence-corrected chi connectivity index (χ3v) is 4.98. The molecule has 0 radical (unpaired) electrons. The first kappa shape index (κ1) is 14.4. The fourth-order valence-corrected chi connectivity index (χ4v) is 3.98. The molecule has 2 bridgehead atoms. The Morgan fingerprint density at radius 1 is 1.25 bits per heavy atom. The summed E-state index contributed by atoms with van der Waals surface area (Å²) in [5, 5.41) is 9.80. The van der Waals surface area contributed by atoms with E-state index in [4.69, 9.17) is 4.74 Å². The molecule has 0 amide bonds. The minimum Gasteiger partial charge on any atom is -0.494 e. The Morgan fingerprint density at radius 3 is 2.70 bits per heavy atom. The molecule has 3 nitrogen and oxygen atoms in total. The third kappa shape index (κ3) is 3.35. The number of nitrogens with zero attached hydrogens (tertiary/aromatic N) is 1. The predicted molar refractivity (Wildman–Crippen MR) is 83.0 cm³/mol. The molecular formula is C16H22BrNO2. The summed E-state index contributed by atoms with van der Waals surface area (Å²) in [5.41, 5.74) is 0. The average Bonchev–Trinajstić information content (AvgIpc) is 2.66. The Kier molecular flexibility index (Phi) is 4.64. The summed E-state index contributed by atoms with van der Waals surface area (Å²) in [5.74, 6) is 0.927. The van der Waals surface area contributed by atoms with Gasteiger partial charge in [0.05, 0.1) is 12.7 Å². The molecule has 0 saturated carbocycles. The largest absolute Gasteiger partial charge is 0.494 e. The Bertz CT molecular complexity index is 440. The van der Waals surface area contributed by atoms with E-state index < -0.39 is 0 Å². The van der Waals surface area contributed by atoms with Crippen molar-refractivity contribution < 1.29 is 9.84 Å². The molecule has 3 rings (SSSR count). The van der Waals surface area contributed by atoms with Crippen molar-refractivity contribution in [3.05, 3.63) is 28.7 Å². The highest BCUT2D eigenvalue weighted by atomic mass is 79.9. The van der Waals surface area contributed by atoms with Crippen LogP contribution < -0.4 is 4.74 Å². The first-order valence-electron chi connectivity index (χ1n) is 7.54. The minimum absolute atomic E-state index is 0.0679. The van der Waals surface area contributed by atoms with Crippen LogP contribution >= 0.6 is 15.9 Å². The second kappa shape index (κ2) is 6.46. The maximum absolute atomic E-state index is 9.80. The van der Waals surface area contributed by atoms with E-state index in [1.54, 1.807) is 0 Å². The Morgan fingerprint density at radius 2 is 2.00 bits per heavy atom. The standard InChI is InChI=1S/C16H22BrNO2/c17-12-3-1-4-16(9-12)20-8-2-7-18-13-5-6-14(18)11-15(19)10-13/h1,3-4,9,13-15,19H,2,5-8,10-11H2. The van der Waals surface area contributed by atoms with Crippen molar-refractivity contribution in [1.82, 2.24) is 4.90 Å².